The molecule has 0 aliphatic rings. The van der Waals surface area contributed by atoms with Crippen LogP contribution in [-0.2, 0) is 11.2 Å². The molecule has 0 atom stereocenters. The van der Waals surface area contributed by atoms with Crippen LogP contribution in [0.2, 0.25) is 5.15 Å². The van der Waals surface area contributed by atoms with Crippen LogP contribution >= 0.6 is 11.6 Å². The summed E-state index contributed by atoms with van der Waals surface area (Å²) in [6.07, 6.45) is 3.81. The van der Waals surface area contributed by atoms with E-state index in [1.165, 1.54) is 12.3 Å². The molecule has 2 amide bonds. The maximum Gasteiger partial charge on any atom is 0.280 e. The lowest BCUT2D eigenvalue weighted by molar-refractivity contribution is -0.118. The molecule has 0 aliphatic heterocycles. The molecule has 0 saturated heterocycles. The van der Waals surface area contributed by atoms with Crippen LogP contribution in [0.5, 0.6) is 5.75 Å². The number of ether oxygens (including phenoxy) is 1. The third kappa shape index (κ3) is 8.47. The number of unbranched alkanes of at least 4 members (excludes halogenated alkanes) is 1. The lowest BCUT2D eigenvalue weighted by atomic mass is 10.1. The second kappa shape index (κ2) is 12.8. The van der Waals surface area contributed by atoms with Crippen LogP contribution in [0.15, 0.2) is 41.5 Å². The molecule has 0 unspecified atom stereocenters. The summed E-state index contributed by atoms with van der Waals surface area (Å²) in [7, 11) is 0. The van der Waals surface area contributed by atoms with Crippen molar-refractivity contribution < 1.29 is 14.3 Å². The molecule has 0 radical (unpaired) electrons. The highest BCUT2D eigenvalue weighted by Crippen LogP contribution is 2.17. The molecule has 1 aromatic carbocycles. The molecule has 3 rings (SSSR count). The Hall–Kier alpha value is -4.72. The lowest BCUT2D eigenvalue weighted by Gasteiger charge is -2.08. The summed E-state index contributed by atoms with van der Waals surface area (Å²) in [5, 5.41) is 4.76. The van der Waals surface area contributed by atoms with E-state index in [4.69, 9.17) is 39.3 Å². The van der Waals surface area contributed by atoms with Crippen molar-refractivity contribution in [2.75, 3.05) is 35.7 Å². The second-order valence-electron chi connectivity index (χ2n) is 7.60. The topological polar surface area (TPSA) is 235 Å². The van der Waals surface area contributed by atoms with Crippen LogP contribution in [0.25, 0.3) is 0 Å². The fourth-order valence-corrected chi connectivity index (χ4v) is 3.09. The number of amides is 2. The Bertz CT molecular complexity index is 1290. The SMILES string of the molecule is NC(=NCCCCc1ccc(OCC(=O)Nc2nccc(N)n2)cc1)NC(=O)c1nc(Cl)c(N)nc1N. The van der Waals surface area contributed by atoms with E-state index in [1.807, 2.05) is 12.1 Å². The molecular weight excluding hydrogens is 502 g/mol. The lowest BCUT2D eigenvalue weighted by Crippen LogP contribution is -2.38. The number of guanidine groups is 1. The highest BCUT2D eigenvalue weighted by molar-refractivity contribution is 6.31. The zero-order valence-corrected chi connectivity index (χ0v) is 20.4. The molecular formula is C22H26ClN11O3. The summed E-state index contributed by atoms with van der Waals surface area (Å²) >= 11 is 5.78. The number of halogens is 1. The maximum atomic E-state index is 12.2. The van der Waals surface area contributed by atoms with Crippen LogP contribution < -0.4 is 38.3 Å². The highest BCUT2D eigenvalue weighted by atomic mass is 35.5. The van der Waals surface area contributed by atoms with E-state index in [-0.39, 0.29) is 46.8 Å². The Labute approximate surface area is 216 Å². The van der Waals surface area contributed by atoms with Gasteiger partial charge in [-0.15, -0.1) is 0 Å². The van der Waals surface area contributed by atoms with Gasteiger partial charge in [0.1, 0.15) is 11.6 Å². The molecule has 2 aromatic heterocycles. The van der Waals surface area contributed by atoms with Crippen LogP contribution in [0.4, 0.5) is 23.4 Å². The van der Waals surface area contributed by atoms with E-state index in [2.05, 4.69) is 35.6 Å². The Kier molecular flexibility index (Phi) is 9.32. The largest absolute Gasteiger partial charge is 0.484 e. The Balaban J connectivity index is 1.36. The van der Waals surface area contributed by atoms with E-state index in [0.717, 1.165) is 24.8 Å². The van der Waals surface area contributed by atoms with Crippen LogP contribution in [0, 0.1) is 0 Å². The van der Waals surface area contributed by atoms with Gasteiger partial charge in [0, 0.05) is 12.7 Å². The molecule has 14 nitrogen and oxygen atoms in total. The van der Waals surface area contributed by atoms with Gasteiger partial charge in [-0.25, -0.2) is 15.0 Å². The van der Waals surface area contributed by atoms with Crippen molar-refractivity contribution in [3.05, 3.63) is 52.9 Å². The summed E-state index contributed by atoms with van der Waals surface area (Å²) in [6, 6.07) is 8.90. The smallest absolute Gasteiger partial charge is 0.280 e. The summed E-state index contributed by atoms with van der Waals surface area (Å²) in [6.45, 7) is 0.209. The first-order valence-electron chi connectivity index (χ1n) is 11.0. The molecule has 10 N–H and O–H groups in total. The van der Waals surface area contributed by atoms with Gasteiger partial charge in [0.05, 0.1) is 0 Å². The third-order valence-corrected chi connectivity index (χ3v) is 5.02. The number of benzene rings is 1. The number of aryl methyl sites for hydroxylation is 1. The number of carbonyl (C=O) groups is 2. The number of nitrogen functional groups attached to an aromatic ring is 3. The zero-order chi connectivity index (χ0) is 26.8. The average Bonchev–Trinajstić information content (AvgIpc) is 2.85. The fourth-order valence-electron chi connectivity index (χ4n) is 2.96. The minimum absolute atomic E-state index is 0.0763. The van der Waals surface area contributed by atoms with Crippen molar-refractivity contribution >= 4 is 52.8 Å². The van der Waals surface area contributed by atoms with Gasteiger partial charge in [0.15, 0.2) is 35.0 Å². The van der Waals surface area contributed by atoms with E-state index in [0.29, 0.717) is 12.3 Å². The highest BCUT2D eigenvalue weighted by Gasteiger charge is 2.16. The predicted molar refractivity (Wildman–Crippen MR) is 140 cm³/mol. The average molecular weight is 528 g/mol. The van der Waals surface area contributed by atoms with E-state index in [1.54, 1.807) is 12.1 Å². The third-order valence-electron chi connectivity index (χ3n) is 4.74. The van der Waals surface area contributed by atoms with Gasteiger partial charge in [0.2, 0.25) is 5.95 Å². The Morgan fingerprint density at radius 3 is 2.49 bits per heavy atom. The van der Waals surface area contributed by atoms with Crippen molar-refractivity contribution in [2.45, 2.75) is 19.3 Å². The van der Waals surface area contributed by atoms with Crippen LogP contribution in [-0.4, -0.2) is 50.9 Å². The van der Waals surface area contributed by atoms with Crippen molar-refractivity contribution in [3.8, 4) is 5.75 Å². The number of aliphatic imine (C=N–C) groups is 1. The number of carbonyl (C=O) groups excluding carboxylic acids is 2. The van der Waals surface area contributed by atoms with Crippen molar-refractivity contribution in [1.29, 1.82) is 0 Å². The predicted octanol–water partition coefficient (Wildman–Crippen LogP) is 0.752. The van der Waals surface area contributed by atoms with Crippen LogP contribution in [0.1, 0.15) is 28.9 Å². The number of nitrogens with two attached hydrogens (primary N) is 4. The first-order valence-corrected chi connectivity index (χ1v) is 11.4. The number of aromatic nitrogens is 4. The van der Waals surface area contributed by atoms with E-state index >= 15 is 0 Å². The Morgan fingerprint density at radius 2 is 1.76 bits per heavy atom. The maximum absolute atomic E-state index is 12.2. The van der Waals surface area contributed by atoms with Gasteiger partial charge in [-0.05, 0) is 43.0 Å². The van der Waals surface area contributed by atoms with Crippen molar-refractivity contribution in [2.24, 2.45) is 10.7 Å². The number of hydrogen-bond acceptors (Lipinski definition) is 11. The molecule has 0 spiro atoms. The number of nitrogens with one attached hydrogen (secondary N) is 2. The number of hydrogen-bond donors (Lipinski definition) is 6. The summed E-state index contributed by atoms with van der Waals surface area (Å²) < 4.78 is 5.48. The molecule has 15 heteroatoms. The van der Waals surface area contributed by atoms with Crippen molar-refractivity contribution in [3.63, 3.8) is 0 Å². The summed E-state index contributed by atoms with van der Waals surface area (Å²) in [5.41, 5.74) is 23.3. The standard InChI is InChI=1S/C22H26ClN11O3/c23-17-19(26)33-18(25)16(32-17)20(36)34-21(27)28-9-2-1-3-12-4-6-13(7-5-12)37-11-15(35)31-22-29-10-8-14(24)30-22/h4-8,10H,1-3,9,11H2,(H4,25,26,33)(H3,27,28,34,36)(H3,24,29,30,31,35). The molecule has 0 fully saturated rings. The molecule has 3 aromatic rings. The first kappa shape index (κ1) is 26.9. The number of rotatable bonds is 10. The van der Waals surface area contributed by atoms with E-state index in [9.17, 15) is 9.59 Å². The minimum Gasteiger partial charge on any atom is -0.484 e. The quantitative estimate of drug-likeness (QED) is 0.122. The zero-order valence-electron chi connectivity index (χ0n) is 19.6. The number of anilines is 4. The first-order chi connectivity index (χ1) is 17.7. The molecule has 37 heavy (non-hydrogen) atoms. The normalized spacial score (nSPS) is 11.1. The summed E-state index contributed by atoms with van der Waals surface area (Å²) in [4.78, 5) is 43.7. The fraction of sp³-hybridized carbons (Fsp3) is 0.227. The van der Waals surface area contributed by atoms with Gasteiger partial charge < -0.3 is 27.7 Å². The molecule has 0 bridgehead atoms. The van der Waals surface area contributed by atoms with Gasteiger partial charge in [-0.1, -0.05) is 23.7 Å². The number of nitrogens with zero attached hydrogens (tertiary/aromatic N) is 5. The van der Waals surface area contributed by atoms with Gasteiger partial charge in [0.25, 0.3) is 11.8 Å². The van der Waals surface area contributed by atoms with Gasteiger partial charge >= 0.3 is 0 Å². The summed E-state index contributed by atoms with van der Waals surface area (Å²) in [5.74, 6) is -0.495. The van der Waals surface area contributed by atoms with Gasteiger partial charge in [-0.2, -0.15) is 4.98 Å². The molecule has 0 aliphatic carbocycles. The monoisotopic (exact) mass is 527 g/mol. The Morgan fingerprint density at radius 1 is 1.00 bits per heavy atom. The molecule has 0 saturated carbocycles. The van der Waals surface area contributed by atoms with Crippen molar-refractivity contribution in [1.82, 2.24) is 25.3 Å². The molecule has 194 valence electrons. The van der Waals surface area contributed by atoms with Gasteiger partial charge in [-0.3, -0.25) is 25.2 Å². The van der Waals surface area contributed by atoms with E-state index < -0.39 is 11.8 Å². The second-order valence-corrected chi connectivity index (χ2v) is 7.96. The minimum atomic E-state index is -0.689. The molecule has 2 heterocycles. The van der Waals surface area contributed by atoms with Crippen LogP contribution in [0.3, 0.4) is 0 Å².